The smallest absolute Gasteiger partial charge is 0.224 e. The number of anilines is 2. The van der Waals surface area contributed by atoms with E-state index < -0.39 is 0 Å². The minimum absolute atomic E-state index is 0.190. The first-order valence-electron chi connectivity index (χ1n) is 10.0. The van der Waals surface area contributed by atoms with E-state index in [1.165, 1.54) is 12.5 Å². The van der Waals surface area contributed by atoms with Gasteiger partial charge in [-0.25, -0.2) is 15.0 Å². The zero-order valence-electron chi connectivity index (χ0n) is 16.5. The van der Waals surface area contributed by atoms with E-state index in [1.54, 1.807) is 6.20 Å². The monoisotopic (exact) mass is 401 g/mol. The molecule has 2 aromatic heterocycles. The summed E-state index contributed by atoms with van der Waals surface area (Å²) in [5.41, 5.74) is 3.19. The maximum atomic E-state index is 9.69. The minimum atomic E-state index is -0.229. The zero-order valence-corrected chi connectivity index (χ0v) is 16.5. The van der Waals surface area contributed by atoms with Crippen molar-refractivity contribution in [2.45, 2.75) is 44.4 Å². The van der Waals surface area contributed by atoms with Crippen molar-refractivity contribution < 1.29 is 5.11 Å². The van der Waals surface area contributed by atoms with Crippen LogP contribution < -0.4 is 10.6 Å². The number of aliphatic hydroxyl groups is 1. The first-order valence-corrected chi connectivity index (χ1v) is 10.0. The van der Waals surface area contributed by atoms with E-state index in [1.807, 2.05) is 30.3 Å². The van der Waals surface area contributed by atoms with Crippen molar-refractivity contribution in [3.05, 3.63) is 60.2 Å². The maximum Gasteiger partial charge on any atom is 0.224 e. The molecule has 2 heterocycles. The first kappa shape index (κ1) is 19.7. The molecule has 152 valence electrons. The van der Waals surface area contributed by atoms with Crippen LogP contribution in [0, 0.1) is 11.3 Å². The summed E-state index contributed by atoms with van der Waals surface area (Å²) in [6, 6.07) is 12.3. The number of rotatable bonds is 6. The highest BCUT2D eigenvalue weighted by atomic mass is 16.3. The second kappa shape index (κ2) is 9.29. The Bertz CT molecular complexity index is 1030. The Kier molecular flexibility index (Phi) is 6.11. The normalized spacial score (nSPS) is 18.4. The predicted molar refractivity (Wildman–Crippen MR) is 113 cm³/mol. The number of nitrogens with one attached hydrogen (secondary N) is 2. The van der Waals surface area contributed by atoms with Crippen LogP contribution in [0.25, 0.3) is 11.3 Å². The van der Waals surface area contributed by atoms with Gasteiger partial charge in [0.1, 0.15) is 23.8 Å². The number of hydrogen-bond acceptors (Lipinski definition) is 8. The molecule has 8 nitrogen and oxygen atoms in total. The van der Waals surface area contributed by atoms with E-state index in [0.29, 0.717) is 23.9 Å². The molecule has 1 saturated carbocycles. The van der Waals surface area contributed by atoms with E-state index in [-0.39, 0.29) is 12.1 Å². The van der Waals surface area contributed by atoms with Crippen LogP contribution in [0.1, 0.15) is 36.8 Å². The van der Waals surface area contributed by atoms with Crippen LogP contribution in [0.5, 0.6) is 0 Å². The lowest BCUT2D eigenvalue weighted by Gasteiger charge is -2.26. The Morgan fingerprint density at radius 3 is 2.63 bits per heavy atom. The van der Waals surface area contributed by atoms with E-state index in [0.717, 1.165) is 42.5 Å². The molecule has 0 radical (unpaired) electrons. The lowest BCUT2D eigenvalue weighted by atomic mass is 9.93. The molecule has 30 heavy (non-hydrogen) atoms. The number of nitriles is 1. The van der Waals surface area contributed by atoms with Crippen LogP contribution >= 0.6 is 0 Å². The van der Waals surface area contributed by atoms with Gasteiger partial charge in [0.15, 0.2) is 0 Å². The third-order valence-corrected chi connectivity index (χ3v) is 5.22. The summed E-state index contributed by atoms with van der Waals surface area (Å²) in [7, 11) is 0. The highest BCUT2D eigenvalue weighted by Gasteiger charge is 2.21. The van der Waals surface area contributed by atoms with Crippen molar-refractivity contribution in [2.75, 3.05) is 10.6 Å². The van der Waals surface area contributed by atoms with E-state index in [4.69, 9.17) is 0 Å². The lowest BCUT2D eigenvalue weighted by Crippen LogP contribution is -2.29. The summed E-state index contributed by atoms with van der Waals surface area (Å²) in [6.45, 7) is 0.450. The lowest BCUT2D eigenvalue weighted by molar-refractivity contribution is 0.126. The molecule has 0 spiro atoms. The fraction of sp³-hybridized carbons (Fsp3) is 0.318. The average Bonchev–Trinajstić information content (AvgIpc) is 2.80. The third-order valence-electron chi connectivity index (χ3n) is 5.22. The number of hydrogen-bond donors (Lipinski definition) is 3. The zero-order chi connectivity index (χ0) is 20.8. The third kappa shape index (κ3) is 4.70. The molecule has 1 fully saturated rings. The standard InChI is InChI=1S/C22H23N7O/c23-10-16-12-25-22(29-21(16)28-18-6-8-19(30)9-7-18)26-13-17-11-24-14-27-20(17)15-4-2-1-3-5-15/h1-5,11-12,14,18-19,30H,6-9,13H2,(H2,25,26,28,29)/t18-,19+. The van der Waals surface area contributed by atoms with Crippen molar-refractivity contribution in [2.24, 2.45) is 0 Å². The van der Waals surface area contributed by atoms with E-state index in [9.17, 15) is 10.4 Å². The van der Waals surface area contributed by atoms with Gasteiger partial charge in [-0.3, -0.25) is 0 Å². The molecule has 8 heteroatoms. The summed E-state index contributed by atoms with van der Waals surface area (Å²) < 4.78 is 0. The Morgan fingerprint density at radius 2 is 1.87 bits per heavy atom. The second-order valence-electron chi connectivity index (χ2n) is 7.33. The summed E-state index contributed by atoms with van der Waals surface area (Å²) in [5, 5.41) is 25.7. The van der Waals surface area contributed by atoms with Crippen LogP contribution in [-0.4, -0.2) is 37.2 Å². The Balaban J connectivity index is 1.49. The molecule has 0 saturated heterocycles. The summed E-state index contributed by atoms with van der Waals surface area (Å²) >= 11 is 0. The van der Waals surface area contributed by atoms with Gasteiger partial charge < -0.3 is 15.7 Å². The molecule has 1 aliphatic rings. The van der Waals surface area contributed by atoms with Crippen LogP contribution in [0.3, 0.4) is 0 Å². The Morgan fingerprint density at radius 1 is 1.07 bits per heavy atom. The van der Waals surface area contributed by atoms with E-state index in [2.05, 4.69) is 36.6 Å². The van der Waals surface area contributed by atoms with Gasteiger partial charge in [-0.15, -0.1) is 0 Å². The highest BCUT2D eigenvalue weighted by Crippen LogP contribution is 2.24. The molecular formula is C22H23N7O. The van der Waals surface area contributed by atoms with Crippen LogP contribution in [0.15, 0.2) is 49.1 Å². The van der Waals surface area contributed by atoms with Crippen LogP contribution in [-0.2, 0) is 6.54 Å². The van der Waals surface area contributed by atoms with Gasteiger partial charge in [-0.05, 0) is 25.7 Å². The molecule has 3 N–H and O–H groups in total. The largest absolute Gasteiger partial charge is 0.393 e. The van der Waals surface area contributed by atoms with Crippen LogP contribution in [0.2, 0.25) is 0 Å². The summed E-state index contributed by atoms with van der Waals surface area (Å²) in [6.07, 6.45) is 7.81. The molecule has 0 amide bonds. The van der Waals surface area contributed by atoms with Crippen molar-refractivity contribution in [1.29, 1.82) is 5.26 Å². The summed E-state index contributed by atoms with van der Waals surface area (Å²) in [4.78, 5) is 17.3. The fourth-order valence-electron chi connectivity index (χ4n) is 3.59. The maximum absolute atomic E-state index is 9.69. The van der Waals surface area contributed by atoms with Crippen molar-refractivity contribution in [3.8, 4) is 17.3 Å². The van der Waals surface area contributed by atoms with Gasteiger partial charge in [0.25, 0.3) is 0 Å². The number of nitrogens with zero attached hydrogens (tertiary/aromatic N) is 5. The number of aromatic nitrogens is 4. The molecule has 4 rings (SSSR count). The molecule has 0 atom stereocenters. The Hall–Kier alpha value is -3.57. The topological polar surface area (TPSA) is 120 Å². The molecule has 0 aliphatic heterocycles. The van der Waals surface area contributed by atoms with Crippen molar-refractivity contribution in [1.82, 2.24) is 19.9 Å². The molecule has 3 aromatic rings. The molecular weight excluding hydrogens is 378 g/mol. The molecule has 0 unspecified atom stereocenters. The van der Waals surface area contributed by atoms with Gasteiger partial charge in [0.2, 0.25) is 5.95 Å². The highest BCUT2D eigenvalue weighted by molar-refractivity contribution is 5.62. The number of benzene rings is 1. The quantitative estimate of drug-likeness (QED) is 0.576. The molecule has 1 aromatic carbocycles. The fourth-order valence-corrected chi connectivity index (χ4v) is 3.59. The molecule has 0 bridgehead atoms. The number of aliphatic hydroxyl groups excluding tert-OH is 1. The SMILES string of the molecule is N#Cc1cnc(NCc2cncnc2-c2ccccc2)nc1N[C@H]1CC[C@@H](O)CC1. The predicted octanol–water partition coefficient (Wildman–Crippen LogP) is 3.13. The van der Waals surface area contributed by atoms with Gasteiger partial charge in [0, 0.05) is 29.9 Å². The Labute approximate surface area is 175 Å². The van der Waals surface area contributed by atoms with Crippen molar-refractivity contribution in [3.63, 3.8) is 0 Å². The van der Waals surface area contributed by atoms with Gasteiger partial charge >= 0.3 is 0 Å². The van der Waals surface area contributed by atoms with E-state index >= 15 is 0 Å². The summed E-state index contributed by atoms with van der Waals surface area (Å²) in [5.74, 6) is 0.944. The van der Waals surface area contributed by atoms with Gasteiger partial charge in [-0.2, -0.15) is 10.2 Å². The second-order valence-corrected chi connectivity index (χ2v) is 7.33. The minimum Gasteiger partial charge on any atom is -0.393 e. The van der Waals surface area contributed by atoms with Gasteiger partial charge in [-0.1, -0.05) is 30.3 Å². The van der Waals surface area contributed by atoms with Crippen molar-refractivity contribution >= 4 is 11.8 Å². The average molecular weight is 401 g/mol. The first-order chi connectivity index (χ1) is 14.7. The van der Waals surface area contributed by atoms with Gasteiger partial charge in [0.05, 0.1) is 18.0 Å². The molecule has 1 aliphatic carbocycles. The van der Waals surface area contributed by atoms with Crippen LogP contribution in [0.4, 0.5) is 11.8 Å².